The van der Waals surface area contributed by atoms with Gasteiger partial charge >= 0.3 is 5.97 Å². The smallest absolute Gasteiger partial charge is 0.303 e. The first-order valence-electron chi connectivity index (χ1n) is 12.4. The summed E-state index contributed by atoms with van der Waals surface area (Å²) >= 11 is 0. The van der Waals surface area contributed by atoms with E-state index < -0.39 is 39.1 Å². The molecular formula is C29H25F2N3O5S. The van der Waals surface area contributed by atoms with Gasteiger partial charge in [0.25, 0.3) is 0 Å². The van der Waals surface area contributed by atoms with E-state index >= 15 is 8.78 Å². The van der Waals surface area contributed by atoms with E-state index in [0.717, 1.165) is 6.26 Å². The normalized spacial score (nSPS) is 12.5. The molecule has 0 aliphatic heterocycles. The molecule has 0 spiro atoms. The molecule has 0 bridgehead atoms. The van der Waals surface area contributed by atoms with Gasteiger partial charge in [0.05, 0.1) is 11.4 Å². The monoisotopic (exact) mass is 565 g/mol. The fraction of sp³-hybridized carbons (Fsp3) is 0.172. The molecule has 3 aromatic carbocycles. The molecule has 0 saturated carbocycles. The molecule has 206 valence electrons. The predicted molar refractivity (Wildman–Crippen MR) is 145 cm³/mol. The highest BCUT2D eigenvalue weighted by atomic mass is 32.2. The lowest BCUT2D eigenvalue weighted by Crippen LogP contribution is -2.06. The zero-order valence-electron chi connectivity index (χ0n) is 21.6. The molecule has 8 nitrogen and oxygen atoms in total. The van der Waals surface area contributed by atoms with E-state index in [1.165, 1.54) is 12.3 Å². The van der Waals surface area contributed by atoms with Crippen molar-refractivity contribution in [3.8, 4) is 17.2 Å². The Kier molecular flexibility index (Phi) is 7.16. The molecule has 5 aromatic rings. The van der Waals surface area contributed by atoms with Crippen LogP contribution in [0.2, 0.25) is 0 Å². The Morgan fingerprint density at radius 1 is 1.12 bits per heavy atom. The van der Waals surface area contributed by atoms with Crippen LogP contribution in [0, 0.1) is 11.6 Å². The number of benzene rings is 3. The van der Waals surface area contributed by atoms with Crippen LogP contribution in [0.25, 0.3) is 16.6 Å². The Balaban J connectivity index is 1.44. The fourth-order valence-electron chi connectivity index (χ4n) is 4.63. The number of hydrogen-bond acceptors (Lipinski definition) is 5. The molecule has 40 heavy (non-hydrogen) atoms. The molecule has 0 aliphatic rings. The SMILES string of the molecule is C[C@@H](c1ccn(-c2cccc(Oc3c(F)cc4[nH]ccc4c3S(C)(=O)=O)c2)n1)c1cccc(CCC(=O)O)c1F. The summed E-state index contributed by atoms with van der Waals surface area (Å²) in [7, 11) is -3.84. The van der Waals surface area contributed by atoms with Gasteiger partial charge in [0.15, 0.2) is 21.4 Å². The number of carboxylic acid groups (broad SMARTS) is 1. The Morgan fingerprint density at radius 3 is 2.65 bits per heavy atom. The minimum atomic E-state index is -3.84. The summed E-state index contributed by atoms with van der Waals surface area (Å²) in [5, 5.41) is 13.8. The van der Waals surface area contributed by atoms with Crippen LogP contribution in [-0.4, -0.2) is 40.5 Å². The van der Waals surface area contributed by atoms with Gasteiger partial charge in [-0.05, 0) is 41.8 Å². The molecule has 0 amide bonds. The summed E-state index contributed by atoms with van der Waals surface area (Å²) in [5.74, 6) is -2.92. The number of aromatic amines is 1. The predicted octanol–water partition coefficient (Wildman–Crippen LogP) is 6.00. The van der Waals surface area contributed by atoms with Gasteiger partial charge in [0.1, 0.15) is 16.5 Å². The molecule has 0 unspecified atom stereocenters. The number of nitrogens with one attached hydrogen (secondary N) is 1. The first-order chi connectivity index (χ1) is 19.0. The maximum Gasteiger partial charge on any atom is 0.303 e. The molecule has 0 aliphatic carbocycles. The van der Waals surface area contributed by atoms with Gasteiger partial charge in [-0.15, -0.1) is 0 Å². The van der Waals surface area contributed by atoms with Crippen molar-refractivity contribution < 1.29 is 31.8 Å². The van der Waals surface area contributed by atoms with E-state index in [0.29, 0.717) is 33.4 Å². The molecule has 0 fully saturated rings. The summed E-state index contributed by atoms with van der Waals surface area (Å²) in [5.41, 5.74) is 2.18. The lowest BCUT2D eigenvalue weighted by atomic mass is 9.94. The van der Waals surface area contributed by atoms with Crippen LogP contribution >= 0.6 is 0 Å². The van der Waals surface area contributed by atoms with E-state index in [2.05, 4.69) is 10.1 Å². The number of nitrogens with zero attached hydrogens (tertiary/aromatic N) is 2. The van der Waals surface area contributed by atoms with Gasteiger partial charge in [0, 0.05) is 54.0 Å². The van der Waals surface area contributed by atoms with Crippen molar-refractivity contribution in [1.82, 2.24) is 14.8 Å². The zero-order chi connectivity index (χ0) is 28.6. The Bertz CT molecular complexity index is 1850. The molecule has 2 N–H and O–H groups in total. The number of aliphatic carboxylic acids is 1. The van der Waals surface area contributed by atoms with Crippen LogP contribution in [0.3, 0.4) is 0 Å². The highest BCUT2D eigenvalue weighted by molar-refractivity contribution is 7.91. The number of aromatic nitrogens is 3. The zero-order valence-corrected chi connectivity index (χ0v) is 22.4. The average Bonchev–Trinajstić information content (AvgIpc) is 3.57. The molecule has 1 atom stereocenters. The number of fused-ring (bicyclic) bond motifs is 1. The Labute approximate surface area is 228 Å². The van der Waals surface area contributed by atoms with Crippen LogP contribution in [0.5, 0.6) is 11.5 Å². The van der Waals surface area contributed by atoms with Gasteiger partial charge in [0.2, 0.25) is 0 Å². The van der Waals surface area contributed by atoms with Gasteiger partial charge in [-0.25, -0.2) is 21.9 Å². The highest BCUT2D eigenvalue weighted by Gasteiger charge is 2.24. The third-order valence-electron chi connectivity index (χ3n) is 6.63. The minimum Gasteiger partial charge on any atom is -0.481 e. The Hall–Kier alpha value is -4.51. The number of carbonyl (C=O) groups is 1. The van der Waals surface area contributed by atoms with Crippen LogP contribution in [0.4, 0.5) is 8.78 Å². The average molecular weight is 566 g/mol. The molecule has 0 radical (unpaired) electrons. The first kappa shape index (κ1) is 27.1. The summed E-state index contributed by atoms with van der Waals surface area (Å²) in [4.78, 5) is 13.5. The molecular weight excluding hydrogens is 540 g/mol. The maximum absolute atomic E-state index is 15.2. The number of hydrogen-bond donors (Lipinski definition) is 2. The van der Waals surface area contributed by atoms with Crippen molar-refractivity contribution in [3.05, 3.63) is 102 Å². The number of aryl methyl sites for hydroxylation is 1. The first-order valence-corrected chi connectivity index (χ1v) is 14.2. The molecule has 0 saturated heterocycles. The van der Waals surface area contributed by atoms with E-state index in [1.807, 2.05) is 0 Å². The second kappa shape index (κ2) is 10.6. The summed E-state index contributed by atoms with van der Waals surface area (Å²) in [6.45, 7) is 1.80. The number of ether oxygens (including phenoxy) is 1. The van der Waals surface area contributed by atoms with E-state index in [4.69, 9.17) is 9.84 Å². The minimum absolute atomic E-state index is 0.0849. The third kappa shape index (κ3) is 5.32. The molecule has 2 aromatic heterocycles. The van der Waals surface area contributed by atoms with Crippen LogP contribution < -0.4 is 4.74 Å². The van der Waals surface area contributed by atoms with Crippen molar-refractivity contribution >= 4 is 26.7 Å². The third-order valence-corrected chi connectivity index (χ3v) is 7.77. The van der Waals surface area contributed by atoms with Gasteiger partial charge in [-0.2, -0.15) is 5.10 Å². The topological polar surface area (TPSA) is 114 Å². The summed E-state index contributed by atoms with van der Waals surface area (Å²) in [6.07, 6.45) is 4.12. The highest BCUT2D eigenvalue weighted by Crippen LogP contribution is 2.38. The van der Waals surface area contributed by atoms with E-state index in [-0.39, 0.29) is 23.5 Å². The van der Waals surface area contributed by atoms with E-state index in [1.54, 1.807) is 72.4 Å². The van der Waals surface area contributed by atoms with Crippen molar-refractivity contribution in [2.75, 3.05) is 6.26 Å². The number of sulfone groups is 1. The number of H-pyrrole nitrogens is 1. The van der Waals surface area contributed by atoms with E-state index in [9.17, 15) is 13.2 Å². The van der Waals surface area contributed by atoms with Crippen molar-refractivity contribution in [2.45, 2.75) is 30.6 Å². The largest absolute Gasteiger partial charge is 0.481 e. The molecule has 11 heteroatoms. The number of halogens is 2. The maximum atomic E-state index is 15.2. The quantitative estimate of drug-likeness (QED) is 0.227. The fourth-order valence-corrected chi connectivity index (χ4v) is 5.69. The summed E-state index contributed by atoms with van der Waals surface area (Å²) in [6, 6.07) is 15.9. The lowest BCUT2D eigenvalue weighted by molar-refractivity contribution is -0.136. The van der Waals surface area contributed by atoms with Crippen LogP contribution in [0.15, 0.2) is 78.0 Å². The lowest BCUT2D eigenvalue weighted by Gasteiger charge is -2.14. The Morgan fingerprint density at radius 2 is 1.90 bits per heavy atom. The molecule has 2 heterocycles. The second-order valence-electron chi connectivity index (χ2n) is 9.45. The molecule has 5 rings (SSSR count). The van der Waals surface area contributed by atoms with Gasteiger partial charge < -0.3 is 14.8 Å². The number of rotatable bonds is 9. The van der Waals surface area contributed by atoms with Crippen LogP contribution in [0.1, 0.15) is 36.1 Å². The standard InChI is InChI=1S/C29H25F2N3O5S/c1-17(21-8-3-5-18(27(21)31)9-10-26(35)36)24-12-14-34(33-24)19-6-4-7-20(15-19)39-28-23(30)16-25-22(11-13-32-25)29(28)40(2,37)38/h3-8,11-17,32H,9-10H2,1-2H3,(H,35,36)/t17-/m1/s1. The van der Waals surface area contributed by atoms with Gasteiger partial charge in [-0.3, -0.25) is 4.79 Å². The van der Waals surface area contributed by atoms with Crippen molar-refractivity contribution in [2.24, 2.45) is 0 Å². The van der Waals surface area contributed by atoms with Gasteiger partial charge in [-0.1, -0.05) is 31.2 Å². The van der Waals surface area contributed by atoms with Crippen molar-refractivity contribution in [1.29, 1.82) is 0 Å². The number of carboxylic acids is 1. The van der Waals surface area contributed by atoms with Crippen molar-refractivity contribution in [3.63, 3.8) is 0 Å². The summed E-state index contributed by atoms with van der Waals surface area (Å²) < 4.78 is 62.6. The second-order valence-corrected chi connectivity index (χ2v) is 11.4. The van der Waals surface area contributed by atoms with Crippen LogP contribution in [-0.2, 0) is 21.1 Å².